The van der Waals surface area contributed by atoms with Crippen LogP contribution >= 0.6 is 0 Å². The number of nitrogens with two attached hydrogens (primary N) is 1. The summed E-state index contributed by atoms with van der Waals surface area (Å²) in [5.74, 6) is -0.154. The van der Waals surface area contributed by atoms with Crippen LogP contribution in [0.2, 0.25) is 0 Å². The van der Waals surface area contributed by atoms with Gasteiger partial charge in [0.1, 0.15) is 0 Å². The van der Waals surface area contributed by atoms with E-state index in [2.05, 4.69) is 5.32 Å². The van der Waals surface area contributed by atoms with Crippen LogP contribution in [-0.2, 0) is 4.79 Å². The number of amides is 1. The minimum absolute atomic E-state index is 0.0531. The lowest BCUT2D eigenvalue weighted by atomic mass is 9.75. The van der Waals surface area contributed by atoms with Crippen molar-refractivity contribution in [1.29, 1.82) is 0 Å². The second kappa shape index (κ2) is 5.71. The van der Waals surface area contributed by atoms with E-state index in [9.17, 15) is 18.0 Å². The highest BCUT2D eigenvalue weighted by atomic mass is 19.4. The normalized spacial score (nSPS) is 18.6. The monoisotopic (exact) mass is 252 g/mol. The zero-order chi connectivity index (χ0) is 12.9. The molecule has 0 unspecified atom stereocenters. The zero-order valence-corrected chi connectivity index (χ0v) is 9.78. The quantitative estimate of drug-likeness (QED) is 0.711. The van der Waals surface area contributed by atoms with Gasteiger partial charge >= 0.3 is 6.18 Å². The molecule has 0 aliphatic heterocycles. The summed E-state index contributed by atoms with van der Waals surface area (Å²) < 4.78 is 35.4. The van der Waals surface area contributed by atoms with Crippen molar-refractivity contribution in [2.24, 2.45) is 5.73 Å². The van der Waals surface area contributed by atoms with E-state index in [1.165, 1.54) is 0 Å². The van der Waals surface area contributed by atoms with E-state index in [1.54, 1.807) is 0 Å². The summed E-state index contributed by atoms with van der Waals surface area (Å²) >= 11 is 0. The summed E-state index contributed by atoms with van der Waals surface area (Å²) in [6, 6.07) is 0. The van der Waals surface area contributed by atoms with Crippen LogP contribution in [0.4, 0.5) is 13.2 Å². The van der Waals surface area contributed by atoms with Gasteiger partial charge in [-0.15, -0.1) is 0 Å². The summed E-state index contributed by atoms with van der Waals surface area (Å²) in [6.07, 6.45) is -1.44. The van der Waals surface area contributed by atoms with Gasteiger partial charge < -0.3 is 11.1 Å². The van der Waals surface area contributed by atoms with Crippen LogP contribution in [0, 0.1) is 0 Å². The number of rotatable bonds is 6. The number of hydrogen-bond acceptors (Lipinski definition) is 2. The maximum Gasteiger partial charge on any atom is 0.389 e. The van der Waals surface area contributed by atoms with Crippen LogP contribution in [0.1, 0.15) is 44.9 Å². The summed E-state index contributed by atoms with van der Waals surface area (Å²) in [5, 5.41) is 2.61. The van der Waals surface area contributed by atoms with Gasteiger partial charge in [-0.25, -0.2) is 0 Å². The lowest BCUT2D eigenvalue weighted by molar-refractivity contribution is -0.135. The Balaban J connectivity index is 2.01. The number of hydrogen-bond donors (Lipinski definition) is 2. The van der Waals surface area contributed by atoms with Crippen molar-refractivity contribution in [3.8, 4) is 0 Å². The van der Waals surface area contributed by atoms with Crippen LogP contribution in [0.25, 0.3) is 0 Å². The van der Waals surface area contributed by atoms with Crippen LogP contribution in [0.15, 0.2) is 0 Å². The molecule has 6 heteroatoms. The standard InChI is InChI=1S/C11H19F3N2O/c12-11(13,14)6-1-2-7-16-9(17)8-10(15)4-3-5-10/h1-8,15H2,(H,16,17). The second-order valence-electron chi connectivity index (χ2n) is 4.81. The molecule has 1 aliphatic rings. The average molecular weight is 252 g/mol. The second-order valence-corrected chi connectivity index (χ2v) is 4.81. The molecular formula is C11H19F3N2O. The highest BCUT2D eigenvalue weighted by molar-refractivity contribution is 5.77. The molecule has 1 aliphatic carbocycles. The molecule has 1 fully saturated rings. The lowest BCUT2D eigenvalue weighted by Crippen LogP contribution is -2.50. The fourth-order valence-electron chi connectivity index (χ4n) is 1.87. The molecule has 0 aromatic heterocycles. The van der Waals surface area contributed by atoms with Crippen molar-refractivity contribution in [2.45, 2.75) is 56.7 Å². The van der Waals surface area contributed by atoms with Gasteiger partial charge in [0.25, 0.3) is 0 Å². The van der Waals surface area contributed by atoms with Crippen molar-refractivity contribution in [1.82, 2.24) is 5.32 Å². The zero-order valence-electron chi connectivity index (χ0n) is 9.78. The Hall–Kier alpha value is -0.780. The Kier molecular flexibility index (Phi) is 4.80. The first-order chi connectivity index (χ1) is 7.81. The van der Waals surface area contributed by atoms with Gasteiger partial charge in [0.2, 0.25) is 5.91 Å². The summed E-state index contributed by atoms with van der Waals surface area (Å²) in [7, 11) is 0. The van der Waals surface area contributed by atoms with Crippen molar-refractivity contribution in [3.63, 3.8) is 0 Å². The van der Waals surface area contributed by atoms with Gasteiger partial charge in [0.15, 0.2) is 0 Å². The van der Waals surface area contributed by atoms with Gasteiger partial charge in [-0.05, 0) is 32.1 Å². The third-order valence-corrected chi connectivity index (χ3v) is 3.07. The summed E-state index contributed by atoms with van der Waals surface area (Å²) in [6.45, 7) is 0.297. The fraction of sp³-hybridized carbons (Fsp3) is 0.909. The summed E-state index contributed by atoms with van der Waals surface area (Å²) in [4.78, 5) is 11.4. The van der Waals surface area contributed by atoms with Crippen molar-refractivity contribution < 1.29 is 18.0 Å². The van der Waals surface area contributed by atoms with Gasteiger partial charge in [-0.1, -0.05) is 0 Å². The molecule has 0 heterocycles. The van der Waals surface area contributed by atoms with Crippen LogP contribution in [0.5, 0.6) is 0 Å². The molecular weight excluding hydrogens is 233 g/mol. The van der Waals surface area contributed by atoms with Crippen molar-refractivity contribution in [3.05, 3.63) is 0 Å². The van der Waals surface area contributed by atoms with Gasteiger partial charge in [0, 0.05) is 24.9 Å². The number of carbonyl (C=O) groups is 1. The highest BCUT2D eigenvalue weighted by Gasteiger charge is 2.34. The van der Waals surface area contributed by atoms with E-state index in [1.807, 2.05) is 0 Å². The van der Waals surface area contributed by atoms with Gasteiger partial charge in [-0.2, -0.15) is 13.2 Å². The maximum absolute atomic E-state index is 11.8. The predicted octanol–water partition coefficient (Wildman–Crippen LogP) is 2.11. The first kappa shape index (κ1) is 14.3. The minimum atomic E-state index is -4.10. The van der Waals surface area contributed by atoms with E-state index >= 15 is 0 Å². The maximum atomic E-state index is 11.8. The highest BCUT2D eigenvalue weighted by Crippen LogP contribution is 2.31. The van der Waals surface area contributed by atoms with Crippen LogP contribution in [-0.4, -0.2) is 24.2 Å². The first-order valence-electron chi connectivity index (χ1n) is 5.93. The third-order valence-electron chi connectivity index (χ3n) is 3.07. The molecule has 0 atom stereocenters. The van der Waals surface area contributed by atoms with E-state index in [-0.39, 0.29) is 24.3 Å². The topological polar surface area (TPSA) is 55.1 Å². The number of alkyl halides is 3. The molecule has 0 saturated heterocycles. The lowest BCUT2D eigenvalue weighted by Gasteiger charge is -2.37. The van der Waals surface area contributed by atoms with E-state index < -0.39 is 12.6 Å². The Morgan fingerprint density at radius 2 is 1.94 bits per heavy atom. The van der Waals surface area contributed by atoms with E-state index in [0.717, 1.165) is 19.3 Å². The fourth-order valence-corrected chi connectivity index (χ4v) is 1.87. The molecule has 1 rings (SSSR count). The molecule has 3 N–H and O–H groups in total. The largest absolute Gasteiger partial charge is 0.389 e. The Morgan fingerprint density at radius 3 is 2.41 bits per heavy atom. The van der Waals surface area contributed by atoms with Gasteiger partial charge in [-0.3, -0.25) is 4.79 Å². The molecule has 0 radical (unpaired) electrons. The molecule has 1 amide bonds. The van der Waals surface area contributed by atoms with Crippen LogP contribution in [0.3, 0.4) is 0 Å². The predicted molar refractivity (Wildman–Crippen MR) is 58.3 cm³/mol. The molecule has 0 aromatic carbocycles. The number of halogens is 3. The number of unbranched alkanes of at least 4 members (excludes halogenated alkanes) is 1. The van der Waals surface area contributed by atoms with Crippen molar-refractivity contribution >= 4 is 5.91 Å². The summed E-state index contributed by atoms with van der Waals surface area (Å²) in [5.41, 5.74) is 5.52. The first-order valence-corrected chi connectivity index (χ1v) is 5.93. The molecule has 1 saturated carbocycles. The Bertz CT molecular complexity index is 262. The van der Waals surface area contributed by atoms with E-state index in [0.29, 0.717) is 13.0 Å². The van der Waals surface area contributed by atoms with Crippen LogP contribution < -0.4 is 11.1 Å². The van der Waals surface area contributed by atoms with Gasteiger partial charge in [0.05, 0.1) is 0 Å². The third kappa shape index (κ3) is 5.91. The Morgan fingerprint density at radius 1 is 1.29 bits per heavy atom. The van der Waals surface area contributed by atoms with E-state index in [4.69, 9.17) is 5.73 Å². The molecule has 3 nitrogen and oxygen atoms in total. The minimum Gasteiger partial charge on any atom is -0.356 e. The molecule has 0 bridgehead atoms. The SMILES string of the molecule is NC1(CC(=O)NCCCCC(F)(F)F)CCC1. The number of nitrogens with one attached hydrogen (secondary N) is 1. The number of carbonyl (C=O) groups excluding carboxylic acids is 1. The average Bonchev–Trinajstić information content (AvgIpc) is 2.13. The van der Waals surface area contributed by atoms with Crippen molar-refractivity contribution in [2.75, 3.05) is 6.54 Å². The molecule has 17 heavy (non-hydrogen) atoms. The Labute approximate surface area is 98.9 Å². The smallest absolute Gasteiger partial charge is 0.356 e. The molecule has 100 valence electrons. The molecule has 0 spiro atoms. The molecule has 0 aromatic rings.